The molecule has 0 saturated carbocycles. The number of hydrogen-bond donors (Lipinski definition) is 2. The van der Waals surface area contributed by atoms with E-state index in [1.807, 2.05) is 0 Å². The monoisotopic (exact) mass is 642 g/mol. The Balaban J connectivity index is 0.000000279. The van der Waals surface area contributed by atoms with Gasteiger partial charge in [0.2, 0.25) is 0 Å². The van der Waals surface area contributed by atoms with Crippen molar-refractivity contribution in [2.24, 2.45) is 5.73 Å². The minimum absolute atomic E-state index is 0. The first-order valence-corrected chi connectivity index (χ1v) is 13.1. The summed E-state index contributed by atoms with van der Waals surface area (Å²) >= 11 is 10.9. The van der Waals surface area contributed by atoms with E-state index in [4.69, 9.17) is 33.7 Å². The summed E-state index contributed by atoms with van der Waals surface area (Å²) in [5.74, 6) is -3.37. The molecule has 2 heterocycles. The molecule has 15 heteroatoms. The standard InChI is InChI=1S/C14H17ClF3NO2S.C10H9ClF3NO.ClH/c1-13(2,3)22(20)19-12(14(18)6-21-7-14)8-4-11(17)9(15)5-10(8)16;11-6-2-7(12)5(1-8(6)13)9(15)10(14)3-16-4-10;/h4-5,12,19H,6-7H2,1-3H3;1-2,9H,3-4,15H2;1H/t12-,22-;9-;/m00./s1. The zero-order chi connectivity index (χ0) is 28.6. The van der Waals surface area contributed by atoms with Crippen molar-refractivity contribution in [3.8, 4) is 0 Å². The van der Waals surface area contributed by atoms with Crippen LogP contribution in [-0.4, -0.2) is 46.7 Å². The predicted octanol–water partition coefficient (Wildman–Crippen LogP) is 6.23. The summed E-state index contributed by atoms with van der Waals surface area (Å²) in [6, 6.07) is 0.663. The Morgan fingerprint density at radius 2 is 1.26 bits per heavy atom. The van der Waals surface area contributed by atoms with Gasteiger partial charge in [0.15, 0.2) is 11.3 Å². The van der Waals surface area contributed by atoms with Crippen molar-refractivity contribution in [3.63, 3.8) is 0 Å². The largest absolute Gasteiger partial charge is 0.374 e. The number of benzene rings is 2. The van der Waals surface area contributed by atoms with Gasteiger partial charge in [-0.2, -0.15) is 0 Å². The van der Waals surface area contributed by atoms with Crippen LogP contribution in [0, 0.1) is 23.3 Å². The van der Waals surface area contributed by atoms with Crippen LogP contribution in [0.3, 0.4) is 0 Å². The lowest BCUT2D eigenvalue weighted by molar-refractivity contribution is -0.145. The molecule has 2 aliphatic rings. The van der Waals surface area contributed by atoms with E-state index >= 15 is 0 Å². The van der Waals surface area contributed by atoms with Crippen molar-refractivity contribution in [2.45, 2.75) is 48.9 Å². The van der Waals surface area contributed by atoms with Gasteiger partial charge in [0, 0.05) is 11.1 Å². The molecule has 2 aliphatic heterocycles. The summed E-state index contributed by atoms with van der Waals surface area (Å²) in [4.78, 5) is 0. The zero-order valence-electron chi connectivity index (χ0n) is 20.9. The second-order valence-corrected chi connectivity index (χ2v) is 12.9. The van der Waals surface area contributed by atoms with Crippen LogP contribution in [-0.2, 0) is 20.5 Å². The van der Waals surface area contributed by atoms with Crippen LogP contribution < -0.4 is 10.5 Å². The summed E-state index contributed by atoms with van der Waals surface area (Å²) in [5, 5.41) is -0.749. The summed E-state index contributed by atoms with van der Waals surface area (Å²) in [6.07, 6.45) is 0. The van der Waals surface area contributed by atoms with Gasteiger partial charge in [0.25, 0.3) is 0 Å². The Hall–Kier alpha value is -1.12. The molecule has 4 rings (SSSR count). The van der Waals surface area contributed by atoms with E-state index in [0.29, 0.717) is 0 Å². The fraction of sp³-hybridized carbons (Fsp3) is 0.500. The Morgan fingerprint density at radius 3 is 1.64 bits per heavy atom. The van der Waals surface area contributed by atoms with E-state index < -0.39 is 67.4 Å². The molecule has 0 unspecified atom stereocenters. The number of ether oxygens (including phenoxy) is 2. The number of rotatable bonds is 6. The van der Waals surface area contributed by atoms with Gasteiger partial charge >= 0.3 is 0 Å². The van der Waals surface area contributed by atoms with Crippen LogP contribution >= 0.6 is 35.6 Å². The van der Waals surface area contributed by atoms with E-state index in [0.717, 1.165) is 24.3 Å². The van der Waals surface area contributed by atoms with E-state index in [2.05, 4.69) is 9.46 Å². The van der Waals surface area contributed by atoms with E-state index in [9.17, 15) is 30.6 Å². The van der Waals surface area contributed by atoms with Crippen LogP contribution in [0.15, 0.2) is 24.3 Å². The molecule has 0 amide bonds. The fourth-order valence-electron chi connectivity index (χ4n) is 3.49. The summed E-state index contributed by atoms with van der Waals surface area (Å²) in [5.41, 5.74) is 1.27. The molecular weight excluding hydrogens is 617 g/mol. The number of nitrogens with two attached hydrogens (primary N) is 1. The van der Waals surface area contributed by atoms with Gasteiger partial charge in [-0.1, -0.05) is 23.2 Å². The molecule has 3 atom stereocenters. The van der Waals surface area contributed by atoms with Crippen LogP contribution in [0.4, 0.5) is 26.3 Å². The third-order valence-corrected chi connectivity index (χ3v) is 8.09. The lowest BCUT2D eigenvalue weighted by Gasteiger charge is -2.41. The molecule has 2 saturated heterocycles. The van der Waals surface area contributed by atoms with Crippen molar-refractivity contribution in [1.82, 2.24) is 4.72 Å². The molecule has 2 aromatic carbocycles. The minimum atomic E-state index is -1.96. The Bertz CT molecular complexity index is 1210. The van der Waals surface area contributed by atoms with E-state index in [-0.39, 0.29) is 55.0 Å². The molecular formula is C24H27Cl3F6N2O3S. The van der Waals surface area contributed by atoms with Crippen molar-refractivity contribution in [3.05, 3.63) is 68.7 Å². The average molecular weight is 644 g/mol. The summed E-state index contributed by atoms with van der Waals surface area (Å²) < 4.78 is 107. The third-order valence-electron chi connectivity index (χ3n) is 5.95. The average Bonchev–Trinajstić information content (AvgIpc) is 2.78. The second kappa shape index (κ2) is 12.8. The molecule has 39 heavy (non-hydrogen) atoms. The van der Waals surface area contributed by atoms with E-state index in [1.54, 1.807) is 20.8 Å². The first kappa shape index (κ1) is 34.1. The fourth-order valence-corrected chi connectivity index (χ4v) is 4.69. The Morgan fingerprint density at radius 1 is 0.846 bits per heavy atom. The Labute approximate surface area is 240 Å². The van der Waals surface area contributed by atoms with Gasteiger partial charge in [0.1, 0.15) is 23.3 Å². The SMILES string of the molecule is CC(C)(C)[S@](=O)N[C@@H](c1cc(F)c(Cl)cc1F)C1(F)COC1.Cl.N[C@@H](c1cc(F)c(Cl)cc1F)C1(F)COC1. The maximum Gasteiger partial charge on any atom is 0.177 e. The van der Waals surface area contributed by atoms with Gasteiger partial charge in [-0.25, -0.2) is 35.3 Å². The number of alkyl halides is 2. The summed E-state index contributed by atoms with van der Waals surface area (Å²) in [6.45, 7) is 4.08. The molecule has 2 fully saturated rings. The summed E-state index contributed by atoms with van der Waals surface area (Å²) in [7, 11) is -1.67. The molecule has 0 spiro atoms. The molecule has 5 nitrogen and oxygen atoms in total. The quantitative estimate of drug-likeness (QED) is 0.289. The van der Waals surface area contributed by atoms with Gasteiger partial charge in [-0.3, -0.25) is 0 Å². The molecule has 2 aromatic rings. The van der Waals surface area contributed by atoms with Crippen LogP contribution in [0.25, 0.3) is 0 Å². The highest BCUT2D eigenvalue weighted by Crippen LogP contribution is 2.39. The topological polar surface area (TPSA) is 73.6 Å². The van der Waals surface area contributed by atoms with Gasteiger partial charge in [0.05, 0.1) is 64.3 Å². The van der Waals surface area contributed by atoms with Crippen molar-refractivity contribution >= 4 is 46.6 Å². The van der Waals surface area contributed by atoms with Crippen LogP contribution in [0.5, 0.6) is 0 Å². The Kier molecular flexibility index (Phi) is 11.2. The lowest BCUT2D eigenvalue weighted by atomic mass is 9.89. The van der Waals surface area contributed by atoms with Crippen LogP contribution in [0.2, 0.25) is 10.0 Å². The smallest absolute Gasteiger partial charge is 0.177 e. The highest BCUT2D eigenvalue weighted by atomic mass is 35.5. The number of nitrogens with one attached hydrogen (secondary N) is 1. The third kappa shape index (κ3) is 7.59. The number of halogens is 9. The molecule has 220 valence electrons. The maximum atomic E-state index is 14.8. The first-order chi connectivity index (χ1) is 17.5. The minimum Gasteiger partial charge on any atom is -0.374 e. The maximum absolute atomic E-state index is 14.8. The van der Waals surface area contributed by atoms with Crippen molar-refractivity contribution in [1.29, 1.82) is 0 Å². The van der Waals surface area contributed by atoms with Crippen molar-refractivity contribution in [2.75, 3.05) is 26.4 Å². The predicted molar refractivity (Wildman–Crippen MR) is 140 cm³/mol. The number of hydrogen-bond acceptors (Lipinski definition) is 4. The lowest BCUT2D eigenvalue weighted by Crippen LogP contribution is -2.56. The first-order valence-electron chi connectivity index (χ1n) is 11.2. The molecule has 3 N–H and O–H groups in total. The molecule has 0 bridgehead atoms. The highest BCUT2D eigenvalue weighted by Gasteiger charge is 2.50. The van der Waals surface area contributed by atoms with E-state index in [1.165, 1.54) is 0 Å². The highest BCUT2D eigenvalue weighted by molar-refractivity contribution is 7.84. The van der Waals surface area contributed by atoms with Gasteiger partial charge in [-0.15, -0.1) is 12.4 Å². The molecule has 0 aliphatic carbocycles. The molecule has 0 radical (unpaired) electrons. The van der Waals surface area contributed by atoms with Gasteiger partial charge < -0.3 is 15.2 Å². The van der Waals surface area contributed by atoms with Crippen LogP contribution in [0.1, 0.15) is 44.0 Å². The van der Waals surface area contributed by atoms with Gasteiger partial charge in [-0.05, 0) is 45.0 Å². The zero-order valence-corrected chi connectivity index (χ0v) is 24.1. The molecule has 0 aromatic heterocycles. The normalized spacial score (nSPS) is 19.8. The second-order valence-electron chi connectivity index (χ2n) is 10.0. The van der Waals surface area contributed by atoms with Crippen molar-refractivity contribution < 1.29 is 40.0 Å².